The second-order valence-electron chi connectivity index (χ2n) is 6.61. The second kappa shape index (κ2) is 6.52. The molecule has 0 saturated carbocycles. The molecule has 1 amide bonds. The molecular formula is C19H18ClN3O2S. The number of aromatic nitrogens is 2. The first-order valence-corrected chi connectivity index (χ1v) is 9.68. The van der Waals surface area contributed by atoms with E-state index in [-0.39, 0.29) is 11.5 Å². The largest absolute Gasteiger partial charge is 0.337 e. The first-order chi connectivity index (χ1) is 12.5. The van der Waals surface area contributed by atoms with Crippen LogP contribution in [0.2, 0.25) is 5.02 Å². The molecule has 7 heteroatoms. The molecule has 0 N–H and O–H groups in total. The predicted octanol–water partition coefficient (Wildman–Crippen LogP) is 3.64. The molecule has 2 aromatic heterocycles. The Kier molecular flexibility index (Phi) is 4.32. The number of halogens is 1. The second-order valence-corrected chi connectivity index (χ2v) is 8.05. The van der Waals surface area contributed by atoms with Gasteiger partial charge in [-0.1, -0.05) is 23.7 Å². The fourth-order valence-corrected chi connectivity index (χ4v) is 4.70. The van der Waals surface area contributed by atoms with Crippen molar-refractivity contribution in [3.05, 3.63) is 61.5 Å². The maximum Gasteiger partial charge on any atom is 0.264 e. The van der Waals surface area contributed by atoms with E-state index < -0.39 is 0 Å². The molecule has 3 aromatic rings. The van der Waals surface area contributed by atoms with Gasteiger partial charge in [-0.15, -0.1) is 11.3 Å². The van der Waals surface area contributed by atoms with Gasteiger partial charge in [-0.3, -0.25) is 14.2 Å². The van der Waals surface area contributed by atoms with Gasteiger partial charge < -0.3 is 4.90 Å². The molecule has 0 fully saturated rings. The van der Waals surface area contributed by atoms with Crippen molar-refractivity contribution in [1.82, 2.24) is 14.5 Å². The van der Waals surface area contributed by atoms with Crippen molar-refractivity contribution in [2.75, 3.05) is 7.05 Å². The van der Waals surface area contributed by atoms with Crippen molar-refractivity contribution in [3.63, 3.8) is 0 Å². The summed E-state index contributed by atoms with van der Waals surface area (Å²) in [5.41, 5.74) is 1.72. The van der Waals surface area contributed by atoms with Crippen LogP contribution in [0, 0.1) is 6.92 Å². The molecule has 0 unspecified atom stereocenters. The van der Waals surface area contributed by atoms with Crippen LogP contribution < -0.4 is 5.56 Å². The average molecular weight is 388 g/mol. The Labute approximate surface area is 159 Å². The van der Waals surface area contributed by atoms with E-state index in [1.165, 1.54) is 11.3 Å². The summed E-state index contributed by atoms with van der Waals surface area (Å²) in [5, 5.41) is 1.26. The standard InChI is InChI=1S/C19H18ClN3O2S/c1-11-15-17(21-14-4-3-9-23(14)18(15)24)26-16(11)19(25)22(2)10-12-5-7-13(20)8-6-12/h5-8H,3-4,9-10H2,1-2H3. The Hall–Kier alpha value is -2.18. The highest BCUT2D eigenvalue weighted by atomic mass is 35.5. The Balaban J connectivity index is 1.68. The molecule has 0 bridgehead atoms. The van der Waals surface area contributed by atoms with E-state index in [0.717, 1.165) is 29.8 Å². The summed E-state index contributed by atoms with van der Waals surface area (Å²) in [7, 11) is 1.76. The smallest absolute Gasteiger partial charge is 0.264 e. The molecule has 3 heterocycles. The topological polar surface area (TPSA) is 55.2 Å². The fourth-order valence-electron chi connectivity index (χ4n) is 3.39. The first kappa shape index (κ1) is 17.2. The number of benzene rings is 1. The van der Waals surface area contributed by atoms with Crippen molar-refractivity contribution >= 4 is 39.1 Å². The number of fused-ring (bicyclic) bond motifs is 2. The van der Waals surface area contributed by atoms with Gasteiger partial charge in [0, 0.05) is 31.6 Å². The van der Waals surface area contributed by atoms with E-state index in [0.29, 0.717) is 33.2 Å². The lowest BCUT2D eigenvalue weighted by Gasteiger charge is -2.17. The monoisotopic (exact) mass is 387 g/mol. The van der Waals surface area contributed by atoms with Crippen molar-refractivity contribution in [3.8, 4) is 0 Å². The van der Waals surface area contributed by atoms with Gasteiger partial charge >= 0.3 is 0 Å². The molecule has 0 atom stereocenters. The number of amides is 1. The Morgan fingerprint density at radius 1 is 1.35 bits per heavy atom. The minimum Gasteiger partial charge on any atom is -0.337 e. The molecule has 0 aliphatic carbocycles. The molecule has 4 rings (SSSR count). The summed E-state index contributed by atoms with van der Waals surface area (Å²) in [5.74, 6) is 0.738. The zero-order chi connectivity index (χ0) is 18.4. The van der Waals surface area contributed by atoms with Gasteiger partial charge in [0.05, 0.1) is 10.3 Å². The van der Waals surface area contributed by atoms with Crippen molar-refractivity contribution in [2.45, 2.75) is 32.9 Å². The van der Waals surface area contributed by atoms with Crippen LogP contribution in [-0.2, 0) is 19.5 Å². The van der Waals surface area contributed by atoms with Crippen molar-refractivity contribution in [2.24, 2.45) is 0 Å². The van der Waals surface area contributed by atoms with Crippen LogP contribution in [0.15, 0.2) is 29.1 Å². The van der Waals surface area contributed by atoms with Crippen molar-refractivity contribution in [1.29, 1.82) is 0 Å². The fraction of sp³-hybridized carbons (Fsp3) is 0.316. The molecular weight excluding hydrogens is 370 g/mol. The van der Waals surface area contributed by atoms with E-state index in [2.05, 4.69) is 4.98 Å². The van der Waals surface area contributed by atoms with Gasteiger partial charge in [-0.2, -0.15) is 0 Å². The lowest BCUT2D eigenvalue weighted by molar-refractivity contribution is 0.0789. The van der Waals surface area contributed by atoms with Crippen LogP contribution in [0.5, 0.6) is 0 Å². The molecule has 0 saturated heterocycles. The van der Waals surface area contributed by atoms with Gasteiger partial charge in [0.25, 0.3) is 11.5 Å². The normalized spacial score (nSPS) is 13.2. The quantitative estimate of drug-likeness (QED) is 0.689. The molecule has 1 aliphatic heterocycles. The van der Waals surface area contributed by atoms with Gasteiger partial charge in [0.15, 0.2) is 0 Å². The molecule has 0 spiro atoms. The summed E-state index contributed by atoms with van der Waals surface area (Å²) in [6.45, 7) is 3.03. The van der Waals surface area contributed by atoms with Gasteiger partial charge in [0.2, 0.25) is 0 Å². The number of aryl methyl sites for hydroxylation is 2. The maximum atomic E-state index is 12.9. The van der Waals surface area contributed by atoms with Gasteiger partial charge in [-0.25, -0.2) is 4.98 Å². The van der Waals surface area contributed by atoms with E-state index in [1.807, 2.05) is 31.2 Å². The van der Waals surface area contributed by atoms with Crippen molar-refractivity contribution < 1.29 is 4.79 Å². The number of hydrogen-bond acceptors (Lipinski definition) is 4. The van der Waals surface area contributed by atoms with Crippen LogP contribution >= 0.6 is 22.9 Å². The molecule has 134 valence electrons. The molecule has 26 heavy (non-hydrogen) atoms. The van der Waals surface area contributed by atoms with E-state index in [9.17, 15) is 9.59 Å². The third kappa shape index (κ3) is 2.83. The number of thiophene rings is 1. The lowest BCUT2D eigenvalue weighted by atomic mass is 10.2. The molecule has 1 aromatic carbocycles. The SMILES string of the molecule is Cc1c(C(=O)N(C)Cc2ccc(Cl)cc2)sc2nc3n(c(=O)c12)CCC3. The summed E-state index contributed by atoms with van der Waals surface area (Å²) in [4.78, 5) is 33.3. The van der Waals surface area contributed by atoms with Crippen LogP contribution in [0.25, 0.3) is 10.2 Å². The van der Waals surface area contributed by atoms with Crippen LogP contribution in [0.4, 0.5) is 0 Å². The highest BCUT2D eigenvalue weighted by molar-refractivity contribution is 7.20. The maximum absolute atomic E-state index is 12.9. The van der Waals surface area contributed by atoms with E-state index in [1.54, 1.807) is 16.5 Å². The highest BCUT2D eigenvalue weighted by Gasteiger charge is 2.24. The van der Waals surface area contributed by atoms with Crippen LogP contribution in [0.3, 0.4) is 0 Å². The number of rotatable bonds is 3. The Morgan fingerprint density at radius 3 is 2.81 bits per heavy atom. The third-order valence-corrected chi connectivity index (χ3v) is 6.21. The molecule has 0 radical (unpaired) electrons. The number of nitrogens with zero attached hydrogens (tertiary/aromatic N) is 3. The highest BCUT2D eigenvalue weighted by Crippen LogP contribution is 2.29. The Morgan fingerprint density at radius 2 is 2.08 bits per heavy atom. The van der Waals surface area contributed by atoms with Crippen LogP contribution in [0.1, 0.15) is 33.0 Å². The van der Waals surface area contributed by atoms with Gasteiger partial charge in [-0.05, 0) is 36.6 Å². The number of hydrogen-bond donors (Lipinski definition) is 0. The minimum atomic E-state index is -0.0926. The number of carbonyl (C=O) groups excluding carboxylic acids is 1. The zero-order valence-corrected chi connectivity index (χ0v) is 16.2. The Bertz CT molecular complexity index is 1070. The van der Waals surface area contributed by atoms with Gasteiger partial charge in [0.1, 0.15) is 10.7 Å². The van der Waals surface area contributed by atoms with Crippen LogP contribution in [-0.4, -0.2) is 27.4 Å². The minimum absolute atomic E-state index is 0.0179. The van der Waals surface area contributed by atoms with E-state index >= 15 is 0 Å². The summed E-state index contributed by atoms with van der Waals surface area (Å²) in [6.07, 6.45) is 1.77. The molecule has 5 nitrogen and oxygen atoms in total. The summed E-state index contributed by atoms with van der Waals surface area (Å²) >= 11 is 7.23. The third-order valence-electron chi connectivity index (χ3n) is 4.79. The number of carbonyl (C=O) groups is 1. The predicted molar refractivity (Wildman–Crippen MR) is 104 cm³/mol. The average Bonchev–Trinajstić information content (AvgIpc) is 3.21. The first-order valence-electron chi connectivity index (χ1n) is 8.48. The summed E-state index contributed by atoms with van der Waals surface area (Å²) in [6, 6.07) is 7.43. The van der Waals surface area contributed by atoms with E-state index in [4.69, 9.17) is 11.6 Å². The summed E-state index contributed by atoms with van der Waals surface area (Å²) < 4.78 is 1.74. The lowest BCUT2D eigenvalue weighted by Crippen LogP contribution is -2.26. The molecule has 1 aliphatic rings. The zero-order valence-electron chi connectivity index (χ0n) is 14.6.